The molecule has 0 atom stereocenters. The minimum Gasteiger partial charge on any atom is -0.285 e. The number of aromatic nitrogens is 8. The maximum atomic E-state index is 12.8. The second kappa shape index (κ2) is 10.1. The molecule has 0 unspecified atom stereocenters. The molecule has 0 N–H and O–H groups in total. The zero-order chi connectivity index (χ0) is 23.3. The largest absolute Gasteiger partial charge is 0.285 e. The number of para-hydroxylation sites is 1. The molecule has 3 aromatic heterocycles. The highest BCUT2D eigenvalue weighted by molar-refractivity contribution is 7.99. The van der Waals surface area contributed by atoms with Crippen molar-refractivity contribution in [3.8, 4) is 5.69 Å². The SMILES string of the molecule is CCCSc1nc(Sc2nnnn2-c2ccccc2)c2ncc(=O)n(Cc3ccccc3)c2n1. The van der Waals surface area contributed by atoms with Gasteiger partial charge in [0.05, 0.1) is 18.4 Å². The Morgan fingerprint density at radius 1 is 0.971 bits per heavy atom. The van der Waals surface area contributed by atoms with E-state index in [9.17, 15) is 4.79 Å². The van der Waals surface area contributed by atoms with Crippen LogP contribution in [0.5, 0.6) is 0 Å². The smallest absolute Gasteiger partial charge is 0.270 e. The van der Waals surface area contributed by atoms with Crippen molar-refractivity contribution in [2.75, 3.05) is 5.75 Å². The molecule has 0 aliphatic rings. The van der Waals surface area contributed by atoms with E-state index in [0.717, 1.165) is 23.4 Å². The fourth-order valence-electron chi connectivity index (χ4n) is 3.31. The van der Waals surface area contributed by atoms with Crippen LogP contribution in [0.25, 0.3) is 16.9 Å². The molecule has 0 saturated carbocycles. The molecule has 0 aliphatic carbocycles. The Labute approximate surface area is 203 Å². The highest BCUT2D eigenvalue weighted by atomic mass is 32.2. The van der Waals surface area contributed by atoms with E-state index in [4.69, 9.17) is 9.97 Å². The summed E-state index contributed by atoms with van der Waals surface area (Å²) in [7, 11) is 0. The Hall–Kier alpha value is -3.57. The van der Waals surface area contributed by atoms with Gasteiger partial charge in [-0.15, -0.1) is 5.10 Å². The summed E-state index contributed by atoms with van der Waals surface area (Å²) in [6.45, 7) is 2.49. The van der Waals surface area contributed by atoms with Crippen molar-refractivity contribution >= 4 is 34.7 Å². The number of rotatable bonds is 8. The van der Waals surface area contributed by atoms with Crippen LogP contribution < -0.4 is 5.56 Å². The van der Waals surface area contributed by atoms with Gasteiger partial charge in [0.15, 0.2) is 10.8 Å². The number of thioether (sulfide) groups is 1. The lowest BCUT2D eigenvalue weighted by Crippen LogP contribution is -2.22. The third-order valence-electron chi connectivity index (χ3n) is 4.89. The van der Waals surface area contributed by atoms with E-state index in [0.29, 0.717) is 33.0 Å². The van der Waals surface area contributed by atoms with Gasteiger partial charge in [0.2, 0.25) is 5.16 Å². The molecule has 0 spiro atoms. The molecule has 34 heavy (non-hydrogen) atoms. The fraction of sp³-hybridized carbons (Fsp3) is 0.174. The zero-order valence-corrected chi connectivity index (χ0v) is 19.9. The van der Waals surface area contributed by atoms with Crippen LogP contribution in [0, 0.1) is 0 Å². The van der Waals surface area contributed by atoms with Crippen molar-refractivity contribution in [1.82, 2.24) is 39.7 Å². The van der Waals surface area contributed by atoms with Crippen LogP contribution in [-0.4, -0.2) is 45.5 Å². The van der Waals surface area contributed by atoms with E-state index in [-0.39, 0.29) is 5.56 Å². The molecule has 3 heterocycles. The molecule has 2 aromatic carbocycles. The molecule has 170 valence electrons. The normalized spacial score (nSPS) is 11.2. The van der Waals surface area contributed by atoms with E-state index in [1.165, 1.54) is 18.0 Å². The average molecular weight is 489 g/mol. The first-order valence-corrected chi connectivity index (χ1v) is 12.5. The van der Waals surface area contributed by atoms with Crippen molar-refractivity contribution in [2.45, 2.75) is 35.2 Å². The van der Waals surface area contributed by atoms with Gasteiger partial charge in [0.1, 0.15) is 10.5 Å². The number of nitrogens with zero attached hydrogens (tertiary/aromatic N) is 8. The number of tetrazole rings is 1. The second-order valence-electron chi connectivity index (χ2n) is 7.31. The van der Waals surface area contributed by atoms with Crippen LogP contribution >= 0.6 is 23.5 Å². The molecule has 0 saturated heterocycles. The summed E-state index contributed by atoms with van der Waals surface area (Å²) in [6.07, 6.45) is 2.29. The van der Waals surface area contributed by atoms with E-state index in [2.05, 4.69) is 27.4 Å². The predicted octanol–water partition coefficient (Wildman–Crippen LogP) is 3.86. The zero-order valence-electron chi connectivity index (χ0n) is 18.3. The van der Waals surface area contributed by atoms with Gasteiger partial charge in [-0.25, -0.2) is 15.0 Å². The minimum absolute atomic E-state index is 0.216. The highest BCUT2D eigenvalue weighted by Crippen LogP contribution is 2.31. The van der Waals surface area contributed by atoms with Crippen LogP contribution in [-0.2, 0) is 6.54 Å². The third kappa shape index (κ3) is 4.70. The van der Waals surface area contributed by atoms with Crippen LogP contribution in [0.4, 0.5) is 0 Å². The van der Waals surface area contributed by atoms with Crippen molar-refractivity contribution in [2.24, 2.45) is 0 Å². The van der Waals surface area contributed by atoms with Crippen LogP contribution in [0.2, 0.25) is 0 Å². The van der Waals surface area contributed by atoms with Crippen molar-refractivity contribution < 1.29 is 0 Å². The molecule has 5 rings (SSSR count). The summed E-state index contributed by atoms with van der Waals surface area (Å²) in [4.78, 5) is 26.7. The summed E-state index contributed by atoms with van der Waals surface area (Å²) < 4.78 is 3.29. The number of fused-ring (bicyclic) bond motifs is 1. The van der Waals surface area contributed by atoms with Crippen LogP contribution in [0.15, 0.2) is 87.0 Å². The van der Waals surface area contributed by atoms with E-state index in [1.807, 2.05) is 60.7 Å². The fourth-order valence-corrected chi connectivity index (χ4v) is 4.91. The summed E-state index contributed by atoms with van der Waals surface area (Å²) in [6, 6.07) is 19.5. The monoisotopic (exact) mass is 488 g/mol. The Bertz CT molecular complexity index is 1470. The summed E-state index contributed by atoms with van der Waals surface area (Å²) >= 11 is 2.84. The Balaban J connectivity index is 1.63. The first kappa shape index (κ1) is 22.2. The van der Waals surface area contributed by atoms with Gasteiger partial charge < -0.3 is 0 Å². The maximum Gasteiger partial charge on any atom is 0.270 e. The second-order valence-corrected chi connectivity index (χ2v) is 9.33. The summed E-state index contributed by atoms with van der Waals surface area (Å²) in [5, 5.41) is 13.9. The van der Waals surface area contributed by atoms with E-state index >= 15 is 0 Å². The lowest BCUT2D eigenvalue weighted by molar-refractivity contribution is 0.749. The van der Waals surface area contributed by atoms with Gasteiger partial charge in [-0.3, -0.25) is 9.36 Å². The molecule has 0 bridgehead atoms. The Morgan fingerprint density at radius 2 is 1.74 bits per heavy atom. The van der Waals surface area contributed by atoms with Crippen molar-refractivity contribution in [3.63, 3.8) is 0 Å². The number of benzene rings is 2. The van der Waals surface area contributed by atoms with E-state index in [1.54, 1.807) is 21.0 Å². The molecule has 0 amide bonds. The van der Waals surface area contributed by atoms with E-state index < -0.39 is 0 Å². The van der Waals surface area contributed by atoms with Crippen molar-refractivity contribution in [1.29, 1.82) is 0 Å². The summed E-state index contributed by atoms with van der Waals surface area (Å²) in [5.74, 6) is 0.862. The van der Waals surface area contributed by atoms with Crippen molar-refractivity contribution in [3.05, 3.63) is 82.8 Å². The molecule has 0 radical (unpaired) electrons. The molecule has 5 aromatic rings. The van der Waals surface area contributed by atoms with Gasteiger partial charge >= 0.3 is 0 Å². The molecule has 0 aliphatic heterocycles. The topological polar surface area (TPSA) is 104 Å². The Kier molecular flexibility index (Phi) is 6.63. The standard InChI is InChI=1S/C23H20N8OS2/c1-2-13-33-22-25-20-19(24-14-18(32)30(20)15-16-9-5-3-6-10-16)21(26-22)34-23-27-28-29-31(23)17-11-7-4-8-12-17/h3-12,14H,2,13,15H2,1H3. The lowest BCUT2D eigenvalue weighted by Gasteiger charge is -2.12. The highest BCUT2D eigenvalue weighted by Gasteiger charge is 2.19. The molecular formula is C23H20N8OS2. The Morgan fingerprint density at radius 3 is 2.50 bits per heavy atom. The third-order valence-corrected chi connectivity index (χ3v) is 6.86. The van der Waals surface area contributed by atoms with Gasteiger partial charge in [-0.1, -0.05) is 67.2 Å². The first-order valence-electron chi connectivity index (χ1n) is 10.7. The molecule has 11 heteroatoms. The summed E-state index contributed by atoms with van der Waals surface area (Å²) in [5.41, 5.74) is 2.64. The lowest BCUT2D eigenvalue weighted by atomic mass is 10.2. The quantitative estimate of drug-likeness (QED) is 0.183. The van der Waals surface area contributed by atoms with Gasteiger partial charge in [0, 0.05) is 5.75 Å². The average Bonchev–Trinajstić information content (AvgIpc) is 3.34. The van der Waals surface area contributed by atoms with Crippen LogP contribution in [0.1, 0.15) is 18.9 Å². The molecule has 0 fully saturated rings. The number of hydrogen-bond acceptors (Lipinski definition) is 9. The van der Waals surface area contributed by atoms with Gasteiger partial charge in [-0.05, 0) is 46.3 Å². The molecular weight excluding hydrogens is 468 g/mol. The van der Waals surface area contributed by atoms with Gasteiger partial charge in [0.25, 0.3) is 5.56 Å². The van der Waals surface area contributed by atoms with Gasteiger partial charge in [-0.2, -0.15) is 4.68 Å². The maximum absolute atomic E-state index is 12.8. The predicted molar refractivity (Wildman–Crippen MR) is 131 cm³/mol. The van der Waals surface area contributed by atoms with Crippen LogP contribution in [0.3, 0.4) is 0 Å². The minimum atomic E-state index is -0.216. The number of hydrogen-bond donors (Lipinski definition) is 0. The molecule has 9 nitrogen and oxygen atoms in total. The first-order chi connectivity index (χ1) is 16.7.